The number of rotatable bonds is 8. The largest absolute Gasteiger partial charge is 0.444 e. The first-order valence-corrected chi connectivity index (χ1v) is 11.4. The molecule has 0 aromatic heterocycles. The van der Waals surface area contributed by atoms with Crippen molar-refractivity contribution < 1.29 is 19.4 Å². The molecule has 2 saturated carbocycles. The first kappa shape index (κ1) is 23.1. The zero-order chi connectivity index (χ0) is 22.3. The molecule has 6 unspecified atom stereocenters. The molecule has 1 heterocycles. The lowest BCUT2D eigenvalue weighted by Gasteiger charge is -2.40. The van der Waals surface area contributed by atoms with Crippen molar-refractivity contribution in [2.75, 3.05) is 6.61 Å². The number of alkyl carbamates (subject to hydrolysis) is 1. The van der Waals surface area contributed by atoms with Crippen LogP contribution in [0.1, 0.15) is 73.1 Å². The molecule has 7 heteroatoms. The molecule has 2 aliphatic carbocycles. The molecular weight excluding hydrogens is 382 g/mol. The molecule has 0 radical (unpaired) electrons. The van der Waals surface area contributed by atoms with Gasteiger partial charge in [-0.25, -0.2) is 4.79 Å². The molecule has 0 aromatic rings. The Hall–Kier alpha value is -1.60. The highest BCUT2D eigenvalue weighted by atomic mass is 16.6. The number of likely N-dealkylation sites (tertiary alicyclic amines) is 1. The highest BCUT2D eigenvalue weighted by molar-refractivity contribution is 5.87. The third kappa shape index (κ3) is 5.17. The second-order valence-corrected chi connectivity index (χ2v) is 10.6. The van der Waals surface area contributed by atoms with Crippen molar-refractivity contribution in [1.29, 1.82) is 0 Å². The number of carbonyl (C=O) groups excluding carboxylic acids is 2. The maximum atomic E-state index is 13.7. The third-order valence-electron chi connectivity index (χ3n) is 6.71. The van der Waals surface area contributed by atoms with Crippen LogP contribution >= 0.6 is 0 Å². The molecule has 30 heavy (non-hydrogen) atoms. The van der Waals surface area contributed by atoms with Gasteiger partial charge in [0.2, 0.25) is 5.91 Å². The number of hydrogen-bond acceptors (Lipinski definition) is 5. The first-order chi connectivity index (χ1) is 14.0. The summed E-state index contributed by atoms with van der Waals surface area (Å²) in [6.45, 7) is 9.46. The maximum Gasteiger partial charge on any atom is 0.408 e. The monoisotopic (exact) mass is 421 g/mol. The van der Waals surface area contributed by atoms with Gasteiger partial charge >= 0.3 is 6.09 Å². The molecule has 170 valence electrons. The smallest absolute Gasteiger partial charge is 0.408 e. The standard InChI is InChI=1S/C23H39N3O4/c1-6-7-14-10-16(14)13-23(5,8-9-27)19(25-21(29)30-22(2,3)4)20(28)26-17-11-15(17)12-18(26)24/h7,15-19,27H,6,8-13,24H2,1-5H3,(H,25,29). The van der Waals surface area contributed by atoms with E-state index in [9.17, 15) is 14.7 Å². The van der Waals surface area contributed by atoms with E-state index in [0.29, 0.717) is 18.3 Å². The van der Waals surface area contributed by atoms with Gasteiger partial charge in [-0.05, 0) is 76.5 Å². The van der Waals surface area contributed by atoms with Crippen LogP contribution in [0.5, 0.6) is 0 Å². The molecule has 3 rings (SSSR count). The molecule has 1 aliphatic heterocycles. The minimum absolute atomic E-state index is 0.0477. The highest BCUT2D eigenvalue weighted by Gasteiger charge is 2.56. The summed E-state index contributed by atoms with van der Waals surface area (Å²) in [6, 6.07) is -0.598. The summed E-state index contributed by atoms with van der Waals surface area (Å²) in [6.07, 6.45) is 6.31. The van der Waals surface area contributed by atoms with Gasteiger partial charge in [0.1, 0.15) is 11.6 Å². The second-order valence-electron chi connectivity index (χ2n) is 10.6. The van der Waals surface area contributed by atoms with E-state index in [4.69, 9.17) is 10.5 Å². The fourth-order valence-electron chi connectivity index (χ4n) is 5.05. The van der Waals surface area contributed by atoms with Crippen LogP contribution in [0, 0.1) is 17.3 Å². The van der Waals surface area contributed by atoms with Crippen molar-refractivity contribution in [2.45, 2.75) is 97.0 Å². The van der Waals surface area contributed by atoms with Gasteiger partial charge in [-0.3, -0.25) is 4.79 Å². The number of amides is 2. The molecule has 0 spiro atoms. The first-order valence-electron chi connectivity index (χ1n) is 11.4. The molecule has 1 saturated heterocycles. The molecule has 0 bridgehead atoms. The number of nitrogens with one attached hydrogen (secondary N) is 1. The normalized spacial score (nSPS) is 31.7. The van der Waals surface area contributed by atoms with E-state index in [1.54, 1.807) is 25.7 Å². The number of aliphatic hydroxyl groups excluding tert-OH is 1. The summed E-state index contributed by atoms with van der Waals surface area (Å²) in [5.41, 5.74) is 6.42. The molecule has 7 nitrogen and oxygen atoms in total. The van der Waals surface area contributed by atoms with E-state index >= 15 is 0 Å². The number of piperidine rings is 1. The Bertz CT molecular complexity index is 699. The molecule has 3 aliphatic rings. The van der Waals surface area contributed by atoms with E-state index in [1.807, 2.05) is 6.92 Å². The van der Waals surface area contributed by atoms with Crippen molar-refractivity contribution in [3.63, 3.8) is 0 Å². The van der Waals surface area contributed by atoms with E-state index in [2.05, 4.69) is 18.3 Å². The SMILES string of the molecule is CCC=C1CC1CC(C)(CCO)C(NC(=O)OC(C)(C)C)C(=O)N1C(N)CC2CC21. The summed E-state index contributed by atoms with van der Waals surface area (Å²) in [5.74, 6) is 0.742. The van der Waals surface area contributed by atoms with Gasteiger partial charge in [0.15, 0.2) is 0 Å². The Morgan fingerprint density at radius 3 is 2.57 bits per heavy atom. The number of fused-ring (bicyclic) bond motifs is 1. The number of aliphatic hydroxyl groups is 1. The lowest BCUT2D eigenvalue weighted by molar-refractivity contribution is -0.139. The van der Waals surface area contributed by atoms with Crippen LogP contribution in [0.25, 0.3) is 0 Å². The van der Waals surface area contributed by atoms with Crippen LogP contribution in [0.15, 0.2) is 11.6 Å². The van der Waals surface area contributed by atoms with E-state index in [-0.39, 0.29) is 24.7 Å². The molecule has 2 amide bonds. The summed E-state index contributed by atoms with van der Waals surface area (Å²) < 4.78 is 5.47. The van der Waals surface area contributed by atoms with Gasteiger partial charge in [-0.15, -0.1) is 0 Å². The van der Waals surface area contributed by atoms with Crippen molar-refractivity contribution in [1.82, 2.24) is 10.2 Å². The van der Waals surface area contributed by atoms with Crippen LogP contribution in [-0.4, -0.2) is 52.5 Å². The minimum Gasteiger partial charge on any atom is -0.444 e. The highest BCUT2D eigenvalue weighted by Crippen LogP contribution is 2.50. The predicted molar refractivity (Wildman–Crippen MR) is 115 cm³/mol. The minimum atomic E-state index is -0.784. The summed E-state index contributed by atoms with van der Waals surface area (Å²) in [4.78, 5) is 28.2. The van der Waals surface area contributed by atoms with E-state index in [0.717, 1.165) is 32.1 Å². The number of carbonyl (C=O) groups is 2. The maximum absolute atomic E-state index is 13.7. The second kappa shape index (κ2) is 8.50. The molecular formula is C23H39N3O4. The fourth-order valence-corrected chi connectivity index (χ4v) is 5.05. The van der Waals surface area contributed by atoms with Crippen LogP contribution in [0.3, 0.4) is 0 Å². The Morgan fingerprint density at radius 2 is 2.03 bits per heavy atom. The summed E-state index contributed by atoms with van der Waals surface area (Å²) >= 11 is 0. The number of hydrogen-bond donors (Lipinski definition) is 3. The molecule has 0 aromatic carbocycles. The number of ether oxygens (including phenoxy) is 1. The van der Waals surface area contributed by atoms with Gasteiger partial charge in [0.05, 0.1) is 6.17 Å². The van der Waals surface area contributed by atoms with E-state index < -0.39 is 23.2 Å². The number of nitrogens with two attached hydrogens (primary N) is 1. The van der Waals surface area contributed by atoms with Crippen LogP contribution < -0.4 is 11.1 Å². The number of allylic oxidation sites excluding steroid dienone is 2. The zero-order valence-corrected chi connectivity index (χ0v) is 19.1. The van der Waals surface area contributed by atoms with Crippen molar-refractivity contribution in [3.8, 4) is 0 Å². The predicted octanol–water partition coefficient (Wildman–Crippen LogP) is 2.92. The molecule has 6 atom stereocenters. The topological polar surface area (TPSA) is 105 Å². The van der Waals surface area contributed by atoms with Gasteiger partial charge in [0.25, 0.3) is 0 Å². The molecule has 3 fully saturated rings. The molecule has 4 N–H and O–H groups in total. The van der Waals surface area contributed by atoms with Crippen molar-refractivity contribution in [3.05, 3.63) is 11.6 Å². The lowest BCUT2D eigenvalue weighted by atomic mass is 9.74. The quantitative estimate of drug-likeness (QED) is 0.523. The Labute approximate surface area is 180 Å². The fraction of sp³-hybridized carbons (Fsp3) is 0.826. The third-order valence-corrected chi connectivity index (χ3v) is 6.71. The van der Waals surface area contributed by atoms with Gasteiger partial charge < -0.3 is 25.8 Å². The Balaban J connectivity index is 1.84. The van der Waals surface area contributed by atoms with Gasteiger partial charge in [-0.1, -0.05) is 25.5 Å². The van der Waals surface area contributed by atoms with Crippen molar-refractivity contribution >= 4 is 12.0 Å². The van der Waals surface area contributed by atoms with Crippen LogP contribution in [0.2, 0.25) is 0 Å². The van der Waals surface area contributed by atoms with Crippen LogP contribution in [-0.2, 0) is 9.53 Å². The lowest BCUT2D eigenvalue weighted by Crippen LogP contribution is -2.60. The Kier molecular flexibility index (Phi) is 6.54. The Morgan fingerprint density at radius 1 is 1.33 bits per heavy atom. The number of nitrogens with zero attached hydrogens (tertiary/aromatic N) is 1. The summed E-state index contributed by atoms with van der Waals surface area (Å²) in [7, 11) is 0. The average Bonchev–Trinajstić information content (AvgIpc) is 3.50. The van der Waals surface area contributed by atoms with E-state index in [1.165, 1.54) is 5.57 Å². The van der Waals surface area contributed by atoms with Gasteiger partial charge in [0, 0.05) is 12.6 Å². The summed E-state index contributed by atoms with van der Waals surface area (Å²) in [5, 5.41) is 12.7. The van der Waals surface area contributed by atoms with Gasteiger partial charge in [-0.2, -0.15) is 0 Å². The zero-order valence-electron chi connectivity index (χ0n) is 19.1. The average molecular weight is 422 g/mol. The van der Waals surface area contributed by atoms with Crippen molar-refractivity contribution in [2.24, 2.45) is 23.0 Å². The van der Waals surface area contributed by atoms with Crippen LogP contribution in [0.4, 0.5) is 4.79 Å².